The molecule has 1 spiro atoms. The molecule has 6 rings (SSSR count). The molecule has 0 bridgehead atoms. The molecular formula is C28H22FN5OS. The fourth-order valence-electron chi connectivity index (χ4n) is 5.46. The van der Waals surface area contributed by atoms with Crippen molar-refractivity contribution in [2.45, 2.75) is 6.42 Å². The highest BCUT2D eigenvalue weighted by Crippen LogP contribution is 2.44. The number of thiazole rings is 1. The maximum Gasteiger partial charge on any atom is 0.245 e. The number of benzene rings is 2. The molecule has 0 aliphatic carbocycles. The van der Waals surface area contributed by atoms with Crippen LogP contribution in [0.25, 0.3) is 32.5 Å². The van der Waals surface area contributed by atoms with Gasteiger partial charge in [0, 0.05) is 54.3 Å². The second kappa shape index (κ2) is 8.54. The van der Waals surface area contributed by atoms with Gasteiger partial charge in [-0.1, -0.05) is 36.9 Å². The summed E-state index contributed by atoms with van der Waals surface area (Å²) in [4.78, 5) is 26.1. The van der Waals surface area contributed by atoms with Crippen LogP contribution in [0.1, 0.15) is 12.0 Å². The lowest BCUT2D eigenvalue weighted by molar-refractivity contribution is -0.136. The van der Waals surface area contributed by atoms with Crippen molar-refractivity contribution in [3.05, 3.63) is 78.2 Å². The molecule has 178 valence electrons. The van der Waals surface area contributed by atoms with Crippen molar-refractivity contribution < 1.29 is 9.18 Å². The van der Waals surface area contributed by atoms with Crippen molar-refractivity contribution in [2.75, 3.05) is 31.1 Å². The third-order valence-electron chi connectivity index (χ3n) is 7.22. The van der Waals surface area contributed by atoms with E-state index in [0.717, 1.165) is 22.2 Å². The first-order valence-corrected chi connectivity index (χ1v) is 12.6. The molecule has 0 radical (unpaired) electrons. The van der Waals surface area contributed by atoms with E-state index in [9.17, 15) is 10.1 Å². The van der Waals surface area contributed by atoms with Crippen LogP contribution in [0.15, 0.2) is 66.8 Å². The Kier molecular flexibility index (Phi) is 5.31. The molecule has 2 aromatic carbocycles. The van der Waals surface area contributed by atoms with E-state index in [-0.39, 0.29) is 17.1 Å². The molecule has 4 aromatic rings. The Bertz CT molecular complexity index is 1550. The standard InChI is InChI=1S/C28H22FN5OS/c1-2-25(35)34-15-28(16-34)9-10-33(14-28)27-21(12-30)26(19-5-3-4-6-22(19)29)20-8-7-18(11-23(20)32-27)24-13-31-17-36-24/h2-8,11,13,17H,1,9-10,14-16H2. The zero-order valence-corrected chi connectivity index (χ0v) is 20.3. The van der Waals surface area contributed by atoms with Gasteiger partial charge in [0.2, 0.25) is 5.91 Å². The zero-order valence-electron chi connectivity index (χ0n) is 19.4. The molecule has 2 aliphatic heterocycles. The molecule has 0 unspecified atom stereocenters. The van der Waals surface area contributed by atoms with E-state index in [4.69, 9.17) is 4.98 Å². The van der Waals surface area contributed by atoms with Crippen LogP contribution in [0.3, 0.4) is 0 Å². The number of fused-ring (bicyclic) bond motifs is 1. The Morgan fingerprint density at radius 1 is 1.22 bits per heavy atom. The number of carbonyl (C=O) groups excluding carboxylic acids is 1. The van der Waals surface area contributed by atoms with E-state index in [0.29, 0.717) is 54.2 Å². The molecule has 2 saturated heterocycles. The van der Waals surface area contributed by atoms with Gasteiger partial charge in [-0.2, -0.15) is 5.26 Å². The summed E-state index contributed by atoms with van der Waals surface area (Å²) in [5, 5.41) is 11.0. The Balaban J connectivity index is 1.49. The van der Waals surface area contributed by atoms with E-state index in [2.05, 4.69) is 22.5 Å². The summed E-state index contributed by atoms with van der Waals surface area (Å²) in [5.74, 6) is 0.127. The van der Waals surface area contributed by atoms with Crippen molar-refractivity contribution in [3.8, 4) is 27.6 Å². The molecule has 6 nitrogen and oxygen atoms in total. The van der Waals surface area contributed by atoms with Crippen molar-refractivity contribution in [1.29, 1.82) is 5.26 Å². The fourth-order valence-corrected chi connectivity index (χ4v) is 6.08. The summed E-state index contributed by atoms with van der Waals surface area (Å²) in [5.41, 5.74) is 4.75. The smallest absolute Gasteiger partial charge is 0.245 e. The quantitative estimate of drug-likeness (QED) is 0.361. The number of hydrogen-bond donors (Lipinski definition) is 0. The Morgan fingerprint density at radius 2 is 2.06 bits per heavy atom. The summed E-state index contributed by atoms with van der Waals surface area (Å²) in [6.07, 6.45) is 4.05. The molecule has 0 N–H and O–H groups in total. The molecule has 2 aromatic heterocycles. The average Bonchev–Trinajstić information content (AvgIpc) is 3.57. The van der Waals surface area contributed by atoms with Gasteiger partial charge in [-0.3, -0.25) is 9.78 Å². The number of aromatic nitrogens is 2. The monoisotopic (exact) mass is 495 g/mol. The lowest BCUT2D eigenvalue weighted by Crippen LogP contribution is -2.59. The first-order chi connectivity index (χ1) is 17.5. The lowest BCUT2D eigenvalue weighted by Gasteiger charge is -2.47. The largest absolute Gasteiger partial charge is 0.355 e. The topological polar surface area (TPSA) is 73.1 Å². The molecule has 2 fully saturated rings. The highest BCUT2D eigenvalue weighted by atomic mass is 32.1. The van der Waals surface area contributed by atoms with Crippen LogP contribution in [0.5, 0.6) is 0 Å². The van der Waals surface area contributed by atoms with Crippen LogP contribution in [0.4, 0.5) is 10.2 Å². The van der Waals surface area contributed by atoms with Crippen LogP contribution < -0.4 is 4.90 Å². The van der Waals surface area contributed by atoms with E-state index in [1.165, 1.54) is 23.5 Å². The van der Waals surface area contributed by atoms with Gasteiger partial charge in [-0.25, -0.2) is 9.37 Å². The van der Waals surface area contributed by atoms with Crippen LogP contribution in [-0.4, -0.2) is 47.0 Å². The van der Waals surface area contributed by atoms with Crippen LogP contribution in [0.2, 0.25) is 0 Å². The fraction of sp³-hybridized carbons (Fsp3) is 0.214. The molecular weight excluding hydrogens is 473 g/mol. The van der Waals surface area contributed by atoms with Crippen molar-refractivity contribution in [2.24, 2.45) is 5.41 Å². The van der Waals surface area contributed by atoms with E-state index in [1.807, 2.05) is 24.4 Å². The second-order valence-electron chi connectivity index (χ2n) is 9.44. The minimum atomic E-state index is -0.380. The molecule has 0 atom stereocenters. The maximum atomic E-state index is 15.1. The Labute approximate surface area is 211 Å². The number of nitriles is 1. The van der Waals surface area contributed by atoms with Gasteiger partial charge in [-0.15, -0.1) is 11.3 Å². The van der Waals surface area contributed by atoms with Gasteiger partial charge in [0.15, 0.2) is 0 Å². The second-order valence-corrected chi connectivity index (χ2v) is 10.3. The van der Waals surface area contributed by atoms with Gasteiger partial charge in [0.25, 0.3) is 0 Å². The van der Waals surface area contributed by atoms with Gasteiger partial charge >= 0.3 is 0 Å². The van der Waals surface area contributed by atoms with Crippen LogP contribution in [-0.2, 0) is 4.79 Å². The van der Waals surface area contributed by atoms with Gasteiger partial charge < -0.3 is 9.80 Å². The van der Waals surface area contributed by atoms with Gasteiger partial charge in [0.1, 0.15) is 23.3 Å². The molecule has 4 heterocycles. The lowest BCUT2D eigenvalue weighted by atomic mass is 9.79. The zero-order chi connectivity index (χ0) is 24.9. The van der Waals surface area contributed by atoms with E-state index >= 15 is 4.39 Å². The SMILES string of the molecule is C=CC(=O)N1CC2(CCN(c3nc4cc(-c5cncs5)ccc4c(-c4ccccc4F)c3C#N)C2)C1. The average molecular weight is 496 g/mol. The summed E-state index contributed by atoms with van der Waals surface area (Å²) < 4.78 is 15.1. The minimum Gasteiger partial charge on any atom is -0.355 e. The number of likely N-dealkylation sites (tertiary alicyclic amines) is 1. The number of halogens is 1. The van der Waals surface area contributed by atoms with Crippen molar-refractivity contribution >= 4 is 34.0 Å². The highest BCUT2D eigenvalue weighted by molar-refractivity contribution is 7.13. The molecule has 8 heteroatoms. The summed E-state index contributed by atoms with van der Waals surface area (Å²) in [6, 6.07) is 14.8. The predicted molar refractivity (Wildman–Crippen MR) is 139 cm³/mol. The molecule has 0 saturated carbocycles. The van der Waals surface area contributed by atoms with Crippen LogP contribution in [0, 0.1) is 22.6 Å². The van der Waals surface area contributed by atoms with E-state index < -0.39 is 0 Å². The number of rotatable bonds is 4. The van der Waals surface area contributed by atoms with Crippen LogP contribution >= 0.6 is 11.3 Å². The summed E-state index contributed by atoms with van der Waals surface area (Å²) in [6.45, 7) is 6.32. The minimum absolute atomic E-state index is 0.0231. The molecule has 2 aliphatic rings. The third-order valence-corrected chi connectivity index (χ3v) is 8.04. The third kappa shape index (κ3) is 3.55. The van der Waals surface area contributed by atoms with Gasteiger partial charge in [-0.05, 0) is 30.2 Å². The van der Waals surface area contributed by atoms with Gasteiger partial charge in [0.05, 0.1) is 15.9 Å². The van der Waals surface area contributed by atoms with E-state index in [1.54, 1.807) is 28.6 Å². The highest BCUT2D eigenvalue weighted by Gasteiger charge is 2.49. The number of amides is 1. The number of hydrogen-bond acceptors (Lipinski definition) is 6. The number of nitrogens with zero attached hydrogens (tertiary/aromatic N) is 5. The molecule has 1 amide bonds. The van der Waals surface area contributed by atoms with Crippen molar-refractivity contribution in [1.82, 2.24) is 14.9 Å². The molecule has 36 heavy (non-hydrogen) atoms. The predicted octanol–water partition coefficient (Wildman–Crippen LogP) is 5.26. The van der Waals surface area contributed by atoms with Crippen molar-refractivity contribution in [3.63, 3.8) is 0 Å². The number of pyridine rings is 1. The number of anilines is 1. The summed E-state index contributed by atoms with van der Waals surface area (Å²) in [7, 11) is 0. The summed E-state index contributed by atoms with van der Waals surface area (Å²) >= 11 is 1.54. The maximum absolute atomic E-state index is 15.1. The number of carbonyl (C=O) groups is 1. The Hall–Kier alpha value is -4.09. The first-order valence-electron chi connectivity index (χ1n) is 11.7. The normalized spacial score (nSPS) is 16.2. The Morgan fingerprint density at radius 3 is 2.78 bits per heavy atom. The first kappa shape index (κ1) is 22.4.